The summed E-state index contributed by atoms with van der Waals surface area (Å²) in [4.78, 5) is 24.3. The summed E-state index contributed by atoms with van der Waals surface area (Å²) >= 11 is 0. The highest BCUT2D eigenvalue weighted by molar-refractivity contribution is 8.01. The maximum Gasteiger partial charge on any atom is 0.259 e. The topological polar surface area (TPSA) is 98.7 Å². The van der Waals surface area contributed by atoms with Crippen LogP contribution >= 0.6 is 7.26 Å². The molecule has 7 aromatic carbocycles. The number of phenols is 2. The van der Waals surface area contributed by atoms with Gasteiger partial charge in [-0.25, -0.2) is 0 Å². The fourth-order valence-electron chi connectivity index (χ4n) is 5.87. The molecule has 0 unspecified atom stereocenters. The first kappa shape index (κ1) is 34.4. The average Bonchev–Trinajstić information content (AvgIpc) is 3.18. The van der Waals surface area contributed by atoms with Crippen molar-refractivity contribution in [1.82, 2.24) is 0 Å². The van der Waals surface area contributed by atoms with Gasteiger partial charge in [-0.2, -0.15) is 0 Å². The first-order chi connectivity index (χ1) is 25.0. The zero-order valence-electron chi connectivity index (χ0n) is 27.6. The average molecular weight is 688 g/mol. The minimum Gasteiger partial charge on any atom is -0.507 e. The normalized spacial score (nSPS) is 10.7. The third-order valence-electron chi connectivity index (χ3n) is 8.27. The number of carbonyl (C=O) groups excluding carboxylic acids is 2. The predicted molar refractivity (Wildman–Crippen MR) is 210 cm³/mol. The van der Waals surface area contributed by atoms with Crippen molar-refractivity contribution in [3.63, 3.8) is 0 Å². The summed E-state index contributed by atoms with van der Waals surface area (Å²) in [6, 6.07) is 62.8. The summed E-state index contributed by atoms with van der Waals surface area (Å²) in [5.41, 5.74) is 1.37. The van der Waals surface area contributed by atoms with Crippen molar-refractivity contribution in [2.24, 2.45) is 0 Å². The summed E-state index contributed by atoms with van der Waals surface area (Å²) < 4.78 is 0. The Kier molecular flexibility index (Phi) is 11.0. The second-order valence-electron chi connectivity index (χ2n) is 11.5. The number of hydrogen-bond acceptors (Lipinski definition) is 4. The first-order valence-electron chi connectivity index (χ1n) is 16.4. The van der Waals surface area contributed by atoms with Gasteiger partial charge in [0.2, 0.25) is 0 Å². The molecule has 0 aromatic heterocycles. The Morgan fingerprint density at radius 3 is 0.882 bits per heavy atom. The lowest BCUT2D eigenvalue weighted by molar-refractivity contribution is 0.101. The smallest absolute Gasteiger partial charge is 0.259 e. The van der Waals surface area contributed by atoms with E-state index in [-0.39, 0.29) is 22.6 Å². The van der Waals surface area contributed by atoms with E-state index >= 15 is 0 Å². The largest absolute Gasteiger partial charge is 0.507 e. The number of carbonyl (C=O) groups is 2. The highest BCUT2D eigenvalue weighted by atomic mass is 31.2. The minimum absolute atomic E-state index is 0.100. The lowest BCUT2D eigenvalue weighted by atomic mass is 10.1. The van der Waals surface area contributed by atoms with Crippen molar-refractivity contribution in [3.05, 3.63) is 205 Å². The fourth-order valence-corrected chi connectivity index (χ4v) is 10.1. The van der Waals surface area contributed by atoms with Crippen LogP contribution in [-0.2, 0) is 0 Å². The maximum atomic E-state index is 12.2. The van der Waals surface area contributed by atoms with E-state index in [0.29, 0.717) is 11.4 Å². The van der Waals surface area contributed by atoms with E-state index in [1.165, 1.54) is 45.5 Å². The van der Waals surface area contributed by atoms with Gasteiger partial charge in [-0.1, -0.05) is 97.1 Å². The van der Waals surface area contributed by atoms with Crippen LogP contribution in [0.3, 0.4) is 0 Å². The number of aromatic hydroxyl groups is 2. The van der Waals surface area contributed by atoms with Crippen LogP contribution in [0, 0.1) is 0 Å². The summed E-state index contributed by atoms with van der Waals surface area (Å²) in [6.45, 7) is 0. The van der Waals surface area contributed by atoms with Crippen molar-refractivity contribution in [2.45, 2.75) is 0 Å². The van der Waals surface area contributed by atoms with Crippen molar-refractivity contribution in [2.75, 3.05) is 10.6 Å². The summed E-state index contributed by atoms with van der Waals surface area (Å²) in [5, 5.41) is 30.3. The van der Waals surface area contributed by atoms with Gasteiger partial charge in [0.25, 0.3) is 11.8 Å². The molecule has 0 aliphatic rings. The van der Waals surface area contributed by atoms with Crippen molar-refractivity contribution in [1.29, 1.82) is 0 Å². The Balaban J connectivity index is 0.000000176. The number of hydrogen-bond donors (Lipinski definition) is 4. The molecular weight excluding hydrogens is 651 g/mol. The summed E-state index contributed by atoms with van der Waals surface area (Å²) in [7, 11) is -1.91. The van der Waals surface area contributed by atoms with Crippen molar-refractivity contribution < 1.29 is 19.8 Å². The van der Waals surface area contributed by atoms with Gasteiger partial charge in [-0.3, -0.25) is 9.59 Å². The Bertz CT molecular complexity index is 1950. The van der Waals surface area contributed by atoms with Crippen LogP contribution in [0.15, 0.2) is 194 Å². The highest BCUT2D eigenvalue weighted by Crippen LogP contribution is 2.54. The number of amides is 2. The standard InChI is InChI=1S/C24H20P.C20H16N2O4/c1-5-13-21(14-6-1)25(22-15-7-2-8-16-22,23-17-9-3-10-18-23)24-19-11-4-12-20-24;23-17-7-3-1-5-15(17)19(25)21-13-9-11-14(12-10-13)22-20(26)16-6-2-4-8-18(16)24/h1-20H;1-12,23-24H,(H,21,25)(H,22,26)/q+1;. The molecule has 4 N–H and O–H groups in total. The van der Waals surface area contributed by atoms with Crippen molar-refractivity contribution >= 4 is 51.7 Å². The van der Waals surface area contributed by atoms with Crippen LogP contribution < -0.4 is 31.9 Å². The van der Waals surface area contributed by atoms with Gasteiger partial charge in [-0.15, -0.1) is 0 Å². The van der Waals surface area contributed by atoms with Gasteiger partial charge in [0.05, 0.1) is 11.1 Å². The molecule has 0 heterocycles. The quantitative estimate of drug-likeness (QED) is 0.122. The first-order valence-corrected chi connectivity index (χ1v) is 18.2. The van der Waals surface area contributed by atoms with Gasteiger partial charge < -0.3 is 20.8 Å². The molecule has 51 heavy (non-hydrogen) atoms. The third kappa shape index (κ3) is 7.88. The van der Waals surface area contributed by atoms with E-state index in [4.69, 9.17) is 0 Å². The summed E-state index contributed by atoms with van der Waals surface area (Å²) in [6.07, 6.45) is 0. The molecule has 0 atom stereocenters. The Labute approximate surface area is 298 Å². The number of rotatable bonds is 8. The molecule has 7 heteroatoms. The third-order valence-corrected chi connectivity index (χ3v) is 12.6. The van der Waals surface area contributed by atoms with Crippen LogP contribution in [0.25, 0.3) is 0 Å². The van der Waals surface area contributed by atoms with Crippen molar-refractivity contribution in [3.8, 4) is 11.5 Å². The highest BCUT2D eigenvalue weighted by Gasteiger charge is 2.47. The van der Waals surface area contributed by atoms with E-state index in [2.05, 4.69) is 132 Å². The van der Waals surface area contributed by atoms with Gasteiger partial charge in [0.1, 0.15) is 40.0 Å². The molecule has 0 fully saturated rings. The molecule has 0 radical (unpaired) electrons. The Hall–Kier alpha value is -6.49. The predicted octanol–water partition coefficient (Wildman–Crippen LogP) is 7.91. The van der Waals surface area contributed by atoms with E-state index < -0.39 is 19.1 Å². The lowest BCUT2D eigenvalue weighted by Crippen LogP contribution is -2.38. The van der Waals surface area contributed by atoms with Gasteiger partial charge in [0.15, 0.2) is 0 Å². The molecule has 250 valence electrons. The van der Waals surface area contributed by atoms with Crippen LogP contribution in [0.1, 0.15) is 20.7 Å². The molecule has 0 saturated heterocycles. The molecule has 2 amide bonds. The van der Waals surface area contributed by atoms with E-state index in [1.54, 1.807) is 48.5 Å². The monoisotopic (exact) mass is 687 g/mol. The van der Waals surface area contributed by atoms with E-state index in [1.807, 2.05) is 0 Å². The SMILES string of the molecule is O=C(Nc1ccc(NC(=O)c2ccccc2O)cc1)c1ccccc1O.c1ccc([P+](c2ccccc2)(c2ccccc2)c2ccccc2)cc1. The van der Waals surface area contributed by atoms with E-state index in [9.17, 15) is 19.8 Å². The van der Waals surface area contributed by atoms with Crippen LogP contribution in [0.4, 0.5) is 11.4 Å². The lowest BCUT2D eigenvalue weighted by Gasteiger charge is -2.27. The Morgan fingerprint density at radius 1 is 0.353 bits per heavy atom. The molecule has 0 saturated carbocycles. The molecule has 7 aromatic rings. The van der Waals surface area contributed by atoms with Crippen LogP contribution in [0.2, 0.25) is 0 Å². The molecule has 0 spiro atoms. The zero-order chi connectivity index (χ0) is 35.5. The molecule has 0 aliphatic carbocycles. The fraction of sp³-hybridized carbons (Fsp3) is 0. The van der Waals surface area contributed by atoms with Crippen LogP contribution in [-0.4, -0.2) is 22.0 Å². The Morgan fingerprint density at radius 2 is 0.608 bits per heavy atom. The molecular formula is C44H36N2O4P+. The second kappa shape index (κ2) is 16.3. The number of phenolic OH excluding ortho intramolecular Hbond substituents is 2. The molecule has 0 bridgehead atoms. The van der Waals surface area contributed by atoms with Gasteiger partial charge in [-0.05, 0) is 97.1 Å². The van der Waals surface area contributed by atoms with E-state index in [0.717, 1.165) is 0 Å². The second-order valence-corrected chi connectivity index (χ2v) is 14.9. The number of nitrogens with one attached hydrogen (secondary N) is 2. The number of anilines is 2. The molecule has 7 rings (SSSR count). The minimum atomic E-state index is -1.91. The number of benzene rings is 7. The molecule has 0 aliphatic heterocycles. The maximum absolute atomic E-state index is 12.2. The van der Waals surface area contributed by atoms with Crippen LogP contribution in [0.5, 0.6) is 11.5 Å². The van der Waals surface area contributed by atoms with Gasteiger partial charge >= 0.3 is 0 Å². The molecule has 6 nitrogen and oxygen atoms in total. The summed E-state index contributed by atoms with van der Waals surface area (Å²) in [5.74, 6) is -1.07. The van der Waals surface area contributed by atoms with Gasteiger partial charge in [0, 0.05) is 11.4 Å². The zero-order valence-corrected chi connectivity index (χ0v) is 28.5. The number of para-hydroxylation sites is 2.